The fourth-order valence-electron chi connectivity index (χ4n) is 6.92. The predicted octanol–water partition coefficient (Wildman–Crippen LogP) is 5.27. The smallest absolute Gasteiger partial charge is 0.224 e. The molecule has 4 aliphatic carbocycles. The van der Waals surface area contributed by atoms with Crippen molar-refractivity contribution in [3.63, 3.8) is 0 Å². The lowest BCUT2D eigenvalue weighted by Gasteiger charge is -2.56. The van der Waals surface area contributed by atoms with Crippen LogP contribution in [0.3, 0.4) is 0 Å². The van der Waals surface area contributed by atoms with Gasteiger partial charge in [0.1, 0.15) is 11.0 Å². The highest BCUT2D eigenvalue weighted by Gasteiger charge is 2.51. The zero-order valence-corrected chi connectivity index (χ0v) is 17.5. The third-order valence-electron chi connectivity index (χ3n) is 7.69. The molecule has 3 aromatic rings. The van der Waals surface area contributed by atoms with Gasteiger partial charge in [-0.15, -0.1) is 10.2 Å². The lowest BCUT2D eigenvalue weighted by atomic mass is 9.49. The van der Waals surface area contributed by atoms with Gasteiger partial charge in [0.2, 0.25) is 5.91 Å². The molecule has 0 unspecified atom stereocenters. The van der Waals surface area contributed by atoms with Crippen LogP contribution in [-0.4, -0.2) is 20.9 Å². The summed E-state index contributed by atoms with van der Waals surface area (Å²) in [5.41, 5.74) is 4.72. The summed E-state index contributed by atoms with van der Waals surface area (Å²) < 4.78 is 0. The Bertz CT molecular complexity index is 1080. The van der Waals surface area contributed by atoms with E-state index in [1.54, 1.807) is 4.80 Å². The molecule has 4 aliphatic rings. The number of para-hydroxylation sites is 1. The van der Waals surface area contributed by atoms with Crippen LogP contribution in [0.2, 0.25) is 0 Å². The number of hydrogen-bond donors (Lipinski definition) is 1. The largest absolute Gasteiger partial charge is 0.326 e. The normalized spacial score (nSPS) is 29.4. The molecule has 5 heteroatoms. The molecular weight excluding hydrogens is 372 g/mol. The molecule has 0 atom stereocenters. The SMILES string of the molecule is Cc1cc2nn(-c3ccccc3)nc2cc1NC(=O)CC12CC3CC(CC(C3)C1)C2. The van der Waals surface area contributed by atoms with Gasteiger partial charge in [-0.1, -0.05) is 18.2 Å². The van der Waals surface area contributed by atoms with Crippen molar-refractivity contribution in [2.24, 2.45) is 23.2 Å². The molecule has 4 saturated carbocycles. The minimum Gasteiger partial charge on any atom is -0.326 e. The highest BCUT2D eigenvalue weighted by Crippen LogP contribution is 2.61. The number of aryl methyl sites for hydroxylation is 1. The first-order valence-corrected chi connectivity index (χ1v) is 11.3. The van der Waals surface area contributed by atoms with E-state index in [2.05, 4.69) is 15.5 Å². The van der Waals surface area contributed by atoms with Crippen LogP contribution >= 0.6 is 0 Å². The number of nitrogens with one attached hydrogen (secondary N) is 1. The van der Waals surface area contributed by atoms with Crippen molar-refractivity contribution in [2.45, 2.75) is 51.9 Å². The Labute approximate surface area is 176 Å². The summed E-state index contributed by atoms with van der Waals surface area (Å²) >= 11 is 0. The van der Waals surface area contributed by atoms with Gasteiger partial charge in [-0.3, -0.25) is 4.79 Å². The maximum atomic E-state index is 13.1. The number of carbonyl (C=O) groups is 1. The topological polar surface area (TPSA) is 59.8 Å². The van der Waals surface area contributed by atoms with Crippen LogP contribution in [0.25, 0.3) is 16.7 Å². The fourth-order valence-corrected chi connectivity index (χ4v) is 6.92. The zero-order chi connectivity index (χ0) is 20.3. The zero-order valence-electron chi connectivity index (χ0n) is 17.5. The Morgan fingerprint density at radius 1 is 1.00 bits per heavy atom. The van der Waals surface area contributed by atoms with E-state index in [0.29, 0.717) is 6.42 Å². The molecule has 1 amide bonds. The van der Waals surface area contributed by atoms with Gasteiger partial charge in [-0.05, 0) is 98.4 Å². The number of aromatic nitrogens is 3. The van der Waals surface area contributed by atoms with Crippen LogP contribution in [0.5, 0.6) is 0 Å². The van der Waals surface area contributed by atoms with Crippen LogP contribution < -0.4 is 5.32 Å². The van der Waals surface area contributed by atoms with E-state index in [4.69, 9.17) is 0 Å². The molecule has 4 fully saturated rings. The lowest BCUT2D eigenvalue weighted by Crippen LogP contribution is -2.47. The van der Waals surface area contributed by atoms with Gasteiger partial charge < -0.3 is 5.32 Å². The second kappa shape index (κ2) is 6.66. The van der Waals surface area contributed by atoms with Crippen LogP contribution in [0.4, 0.5) is 5.69 Å². The standard InChI is InChI=1S/C25H28N4O/c1-16-7-22-23(28-29(27-22)20-5-3-2-4-6-20)11-21(16)26-24(30)15-25-12-17-8-18(13-25)10-19(9-17)14-25/h2-7,11,17-19H,8-10,12-15H2,1H3,(H,26,30). The first-order chi connectivity index (χ1) is 14.6. The van der Waals surface area contributed by atoms with Gasteiger partial charge in [0.25, 0.3) is 0 Å². The van der Waals surface area contributed by atoms with Crippen molar-refractivity contribution in [1.29, 1.82) is 0 Å². The number of carbonyl (C=O) groups excluding carboxylic acids is 1. The molecule has 1 aromatic heterocycles. The van der Waals surface area contributed by atoms with E-state index < -0.39 is 0 Å². The fraction of sp³-hybridized carbons (Fsp3) is 0.480. The van der Waals surface area contributed by atoms with Crippen molar-refractivity contribution in [1.82, 2.24) is 15.0 Å². The lowest BCUT2D eigenvalue weighted by molar-refractivity contribution is -0.124. The van der Waals surface area contributed by atoms with Gasteiger partial charge in [-0.2, -0.15) is 4.80 Å². The first-order valence-electron chi connectivity index (χ1n) is 11.3. The van der Waals surface area contributed by atoms with Crippen LogP contribution in [0, 0.1) is 30.1 Å². The molecule has 5 nitrogen and oxygen atoms in total. The highest BCUT2D eigenvalue weighted by atomic mass is 16.1. The van der Waals surface area contributed by atoms with E-state index in [9.17, 15) is 4.79 Å². The molecule has 7 rings (SSSR count). The highest BCUT2D eigenvalue weighted by molar-refractivity contribution is 5.94. The van der Waals surface area contributed by atoms with Gasteiger partial charge in [0.05, 0.1) is 5.69 Å². The minimum atomic E-state index is 0.162. The van der Waals surface area contributed by atoms with E-state index in [1.165, 1.54) is 38.5 Å². The van der Waals surface area contributed by atoms with Crippen molar-refractivity contribution in [3.05, 3.63) is 48.0 Å². The number of amides is 1. The van der Waals surface area contributed by atoms with E-state index in [0.717, 1.165) is 45.7 Å². The third kappa shape index (κ3) is 3.11. The Morgan fingerprint density at radius 2 is 1.60 bits per heavy atom. The van der Waals surface area contributed by atoms with E-state index in [-0.39, 0.29) is 11.3 Å². The Morgan fingerprint density at radius 3 is 2.23 bits per heavy atom. The average molecular weight is 401 g/mol. The maximum Gasteiger partial charge on any atom is 0.224 e. The predicted molar refractivity (Wildman–Crippen MR) is 117 cm³/mol. The molecular formula is C25H28N4O. The summed E-state index contributed by atoms with van der Waals surface area (Å²) in [4.78, 5) is 14.7. The van der Waals surface area contributed by atoms with Crippen molar-refractivity contribution in [3.8, 4) is 5.69 Å². The van der Waals surface area contributed by atoms with Crippen molar-refractivity contribution >= 4 is 22.6 Å². The number of benzene rings is 2. The number of anilines is 1. The average Bonchev–Trinajstić information content (AvgIpc) is 3.10. The molecule has 30 heavy (non-hydrogen) atoms. The number of fused-ring (bicyclic) bond motifs is 1. The van der Waals surface area contributed by atoms with Crippen LogP contribution in [0.1, 0.15) is 50.5 Å². The number of nitrogens with zero attached hydrogens (tertiary/aromatic N) is 3. The summed E-state index contributed by atoms with van der Waals surface area (Å²) in [6, 6.07) is 13.9. The molecule has 2 aromatic carbocycles. The molecule has 1 N–H and O–H groups in total. The van der Waals surface area contributed by atoms with Crippen LogP contribution in [-0.2, 0) is 4.79 Å². The van der Waals surface area contributed by atoms with Gasteiger partial charge >= 0.3 is 0 Å². The third-order valence-corrected chi connectivity index (χ3v) is 7.69. The molecule has 154 valence electrons. The van der Waals surface area contributed by atoms with Crippen molar-refractivity contribution < 1.29 is 4.79 Å². The van der Waals surface area contributed by atoms with Gasteiger partial charge in [0, 0.05) is 12.1 Å². The Kier molecular flexibility index (Phi) is 4.02. The molecule has 1 heterocycles. The maximum absolute atomic E-state index is 13.1. The molecule has 4 bridgehead atoms. The summed E-state index contributed by atoms with van der Waals surface area (Å²) in [5, 5.41) is 12.4. The summed E-state index contributed by atoms with van der Waals surface area (Å²) in [5.74, 6) is 2.77. The second-order valence-corrected chi connectivity index (χ2v) is 10.1. The quantitative estimate of drug-likeness (QED) is 0.649. The second-order valence-electron chi connectivity index (χ2n) is 10.1. The molecule has 0 radical (unpaired) electrons. The molecule has 0 saturated heterocycles. The Balaban J connectivity index is 1.23. The number of rotatable bonds is 4. The van der Waals surface area contributed by atoms with E-state index >= 15 is 0 Å². The summed E-state index contributed by atoms with van der Waals surface area (Å²) in [6.07, 6.45) is 8.68. The van der Waals surface area contributed by atoms with Crippen LogP contribution in [0.15, 0.2) is 42.5 Å². The molecule has 0 spiro atoms. The number of hydrogen-bond acceptors (Lipinski definition) is 3. The molecule has 0 aliphatic heterocycles. The summed E-state index contributed by atoms with van der Waals surface area (Å²) in [6.45, 7) is 2.03. The van der Waals surface area contributed by atoms with Crippen molar-refractivity contribution in [2.75, 3.05) is 5.32 Å². The van der Waals surface area contributed by atoms with Gasteiger partial charge in [-0.25, -0.2) is 0 Å². The Hall–Kier alpha value is -2.69. The van der Waals surface area contributed by atoms with E-state index in [1.807, 2.05) is 49.4 Å². The monoisotopic (exact) mass is 400 g/mol. The minimum absolute atomic E-state index is 0.162. The van der Waals surface area contributed by atoms with Gasteiger partial charge in [0.15, 0.2) is 0 Å². The first kappa shape index (κ1) is 18.1. The summed E-state index contributed by atoms with van der Waals surface area (Å²) in [7, 11) is 0.